The van der Waals surface area contributed by atoms with Gasteiger partial charge < -0.3 is 0 Å². The molecule has 0 aliphatic heterocycles. The van der Waals surface area contributed by atoms with Crippen molar-refractivity contribution < 1.29 is 0 Å². The van der Waals surface area contributed by atoms with Crippen molar-refractivity contribution in [1.29, 1.82) is 0 Å². The van der Waals surface area contributed by atoms with Gasteiger partial charge in [0.05, 0.1) is 0 Å². The molecule has 0 spiro atoms. The third-order valence-electron chi connectivity index (χ3n) is 1.07. The highest BCUT2D eigenvalue weighted by molar-refractivity contribution is 7.39. The molecule has 0 radical (unpaired) electrons. The zero-order valence-corrected chi connectivity index (χ0v) is 6.42. The van der Waals surface area contributed by atoms with Crippen LogP contribution in [0.15, 0.2) is 0 Å². The Morgan fingerprint density at radius 1 is 1.57 bits per heavy atom. The fourth-order valence-corrected chi connectivity index (χ4v) is 1.73. The highest BCUT2D eigenvalue weighted by Crippen LogP contribution is 2.38. The molecule has 0 bridgehead atoms. The number of rotatable bonds is 2. The summed E-state index contributed by atoms with van der Waals surface area (Å²) in [6.45, 7) is 2.27. The third-order valence-corrected chi connectivity index (χ3v) is 2.63. The van der Waals surface area contributed by atoms with Crippen LogP contribution < -0.4 is 0 Å². The normalized spacial score (nSPS) is 20.1. The van der Waals surface area contributed by atoms with E-state index in [1.165, 1.54) is 33.2 Å². The minimum atomic E-state index is 0. The maximum Gasteiger partial charge on any atom is -0.0236 e. The zero-order valence-electron chi connectivity index (χ0n) is 4.61. The van der Waals surface area contributed by atoms with Gasteiger partial charge in [0.25, 0.3) is 0 Å². The van der Waals surface area contributed by atoms with E-state index < -0.39 is 0 Å². The lowest BCUT2D eigenvalue weighted by Crippen LogP contribution is -1.65. The highest BCUT2D eigenvalue weighted by Gasteiger charge is 2.18. The van der Waals surface area contributed by atoms with Gasteiger partial charge in [-0.15, -0.1) is 21.0 Å². The summed E-state index contributed by atoms with van der Waals surface area (Å²) in [5.74, 6) is 0. The van der Waals surface area contributed by atoms with E-state index >= 15 is 0 Å². The molecule has 7 heavy (non-hydrogen) atoms. The Morgan fingerprint density at radius 3 is 2.29 bits per heavy atom. The average Bonchev–Trinajstić information content (AvgIpc) is 2.21. The van der Waals surface area contributed by atoms with Gasteiger partial charge in [-0.2, -0.15) is 0 Å². The van der Waals surface area contributed by atoms with Crippen molar-refractivity contribution >= 4 is 21.0 Å². The van der Waals surface area contributed by atoms with Crippen LogP contribution in [0, 0.1) is 0 Å². The summed E-state index contributed by atoms with van der Waals surface area (Å²) < 4.78 is 0. The van der Waals surface area contributed by atoms with Gasteiger partial charge in [0.15, 0.2) is 0 Å². The maximum absolute atomic E-state index is 2.27. The Balaban J connectivity index is 0.000000360. The predicted molar refractivity (Wildman–Crippen MR) is 39.1 cm³/mol. The molecule has 44 valence electrons. The monoisotopic (exact) mass is 138 g/mol. The SMILES string of the molecule is CCPC1CC1.Cl. The van der Waals surface area contributed by atoms with Crippen molar-refractivity contribution in [2.45, 2.75) is 25.4 Å². The number of hydrogen-bond donors (Lipinski definition) is 0. The molecule has 1 atom stereocenters. The summed E-state index contributed by atoms with van der Waals surface area (Å²) in [4.78, 5) is 0. The van der Waals surface area contributed by atoms with Crippen LogP contribution in [0.2, 0.25) is 0 Å². The second-order valence-electron chi connectivity index (χ2n) is 1.83. The molecule has 0 aromatic heterocycles. The van der Waals surface area contributed by atoms with Gasteiger partial charge in [-0.1, -0.05) is 6.92 Å². The first kappa shape index (κ1) is 7.72. The van der Waals surface area contributed by atoms with Gasteiger partial charge in [-0.25, -0.2) is 0 Å². The molecule has 0 aromatic rings. The topological polar surface area (TPSA) is 0 Å². The van der Waals surface area contributed by atoms with Crippen LogP contribution in [0.3, 0.4) is 0 Å². The predicted octanol–water partition coefficient (Wildman–Crippen LogP) is 2.27. The maximum atomic E-state index is 2.27. The molecule has 0 nitrogen and oxygen atoms in total. The number of hydrogen-bond acceptors (Lipinski definition) is 0. The molecule has 1 aliphatic rings. The highest BCUT2D eigenvalue weighted by atomic mass is 35.5. The zero-order chi connectivity index (χ0) is 4.41. The second kappa shape index (κ2) is 3.69. The van der Waals surface area contributed by atoms with Gasteiger partial charge in [-0.05, 0) is 24.7 Å². The average molecular weight is 139 g/mol. The molecule has 2 heteroatoms. The van der Waals surface area contributed by atoms with Gasteiger partial charge >= 0.3 is 0 Å². The summed E-state index contributed by atoms with van der Waals surface area (Å²) in [7, 11) is 1.28. The Bertz CT molecular complexity index is 43.3. The van der Waals surface area contributed by atoms with Crippen LogP contribution >= 0.6 is 21.0 Å². The quantitative estimate of drug-likeness (QED) is 0.514. The molecule has 1 saturated carbocycles. The first-order chi connectivity index (χ1) is 2.93. The van der Waals surface area contributed by atoms with Crippen molar-refractivity contribution in [3.8, 4) is 0 Å². The van der Waals surface area contributed by atoms with Gasteiger partial charge in [0.2, 0.25) is 0 Å². The van der Waals surface area contributed by atoms with Crippen LogP contribution in [-0.2, 0) is 0 Å². The smallest absolute Gasteiger partial charge is 0.0236 e. The lowest BCUT2D eigenvalue weighted by molar-refractivity contribution is 1.43. The van der Waals surface area contributed by atoms with Gasteiger partial charge in [0, 0.05) is 0 Å². The van der Waals surface area contributed by atoms with E-state index in [0.717, 1.165) is 0 Å². The molecule has 1 rings (SSSR count). The van der Waals surface area contributed by atoms with Crippen LogP contribution in [-0.4, -0.2) is 11.8 Å². The molecule has 0 saturated heterocycles. The molecule has 0 N–H and O–H groups in total. The van der Waals surface area contributed by atoms with E-state index in [0.29, 0.717) is 0 Å². The van der Waals surface area contributed by atoms with Crippen molar-refractivity contribution in [2.75, 3.05) is 6.16 Å². The first-order valence-corrected chi connectivity index (χ1v) is 3.95. The van der Waals surface area contributed by atoms with E-state index in [2.05, 4.69) is 6.92 Å². The van der Waals surface area contributed by atoms with E-state index in [9.17, 15) is 0 Å². The Hall–Kier alpha value is 0.720. The minimum Gasteiger partial charge on any atom is -0.147 e. The largest absolute Gasteiger partial charge is 0.147 e. The molecule has 1 aliphatic carbocycles. The molecule has 1 fully saturated rings. The summed E-state index contributed by atoms with van der Waals surface area (Å²) in [6, 6.07) is 0. The van der Waals surface area contributed by atoms with E-state index in [1.54, 1.807) is 0 Å². The molecule has 0 aromatic carbocycles. The second-order valence-corrected chi connectivity index (χ2v) is 3.76. The van der Waals surface area contributed by atoms with Gasteiger partial charge in [-0.3, -0.25) is 0 Å². The lowest BCUT2D eigenvalue weighted by Gasteiger charge is -1.84. The molecular weight excluding hydrogens is 126 g/mol. The van der Waals surface area contributed by atoms with Crippen LogP contribution in [0.1, 0.15) is 19.8 Å². The van der Waals surface area contributed by atoms with Crippen molar-refractivity contribution in [2.24, 2.45) is 0 Å². The summed E-state index contributed by atoms with van der Waals surface area (Å²) >= 11 is 0. The fraction of sp³-hybridized carbons (Fsp3) is 1.00. The third kappa shape index (κ3) is 3.32. The molecular formula is C5H12ClP. The summed E-state index contributed by atoms with van der Waals surface area (Å²) in [5, 5.41) is 0. The van der Waals surface area contributed by atoms with Crippen molar-refractivity contribution in [1.82, 2.24) is 0 Å². The van der Waals surface area contributed by atoms with Crippen LogP contribution in [0.25, 0.3) is 0 Å². The van der Waals surface area contributed by atoms with E-state index in [-0.39, 0.29) is 12.4 Å². The Kier molecular flexibility index (Phi) is 4.07. The summed E-state index contributed by atoms with van der Waals surface area (Å²) in [6.07, 6.45) is 4.49. The molecule has 0 amide bonds. The lowest BCUT2D eigenvalue weighted by atomic mass is 11.0. The standard InChI is InChI=1S/C5H11P.ClH/c1-2-6-5-3-4-5;/h5-6H,2-4H2,1H3;1H. The van der Waals surface area contributed by atoms with Crippen LogP contribution in [0.5, 0.6) is 0 Å². The molecule has 1 unspecified atom stereocenters. The Labute approximate surface area is 53.3 Å². The van der Waals surface area contributed by atoms with Crippen LogP contribution in [0.4, 0.5) is 0 Å². The fourth-order valence-electron chi connectivity index (χ4n) is 0.576. The van der Waals surface area contributed by atoms with Crippen molar-refractivity contribution in [3.05, 3.63) is 0 Å². The summed E-state index contributed by atoms with van der Waals surface area (Å²) in [5.41, 5.74) is 1.18. The first-order valence-electron chi connectivity index (χ1n) is 2.67. The van der Waals surface area contributed by atoms with E-state index in [1.807, 2.05) is 0 Å². The van der Waals surface area contributed by atoms with E-state index in [4.69, 9.17) is 0 Å². The van der Waals surface area contributed by atoms with Gasteiger partial charge in [0.1, 0.15) is 0 Å². The minimum absolute atomic E-state index is 0. The molecule has 0 heterocycles. The van der Waals surface area contributed by atoms with Crippen molar-refractivity contribution in [3.63, 3.8) is 0 Å². The number of halogens is 1. The Morgan fingerprint density at radius 2 is 2.14 bits per heavy atom.